The van der Waals surface area contributed by atoms with Gasteiger partial charge in [-0.1, -0.05) is 0 Å². The second kappa shape index (κ2) is 7.17. The van der Waals surface area contributed by atoms with Gasteiger partial charge in [0.2, 0.25) is 0 Å². The second-order valence-electron chi connectivity index (χ2n) is 3.96. The van der Waals surface area contributed by atoms with Crippen LogP contribution in [0.5, 0.6) is 0 Å². The fourth-order valence-electron chi connectivity index (χ4n) is 1.26. The predicted octanol–water partition coefficient (Wildman–Crippen LogP) is -0.632. The number of urea groups is 1. The maximum absolute atomic E-state index is 11.8. The summed E-state index contributed by atoms with van der Waals surface area (Å²) in [6.45, 7) is 0.696. The van der Waals surface area contributed by atoms with Gasteiger partial charge in [0.05, 0.1) is 0 Å². The molecular weight excluding hydrogens is 248 g/mol. The Labute approximate surface area is 111 Å². The number of carbonyl (C=O) groups excluding carboxylic acids is 2. The van der Waals surface area contributed by atoms with Crippen LogP contribution < -0.4 is 21.9 Å². The quantitative estimate of drug-likeness (QED) is 0.322. The molecule has 1 aromatic rings. The van der Waals surface area contributed by atoms with Crippen LogP contribution in [0.4, 0.5) is 10.6 Å². The zero-order chi connectivity index (χ0) is 14.3. The van der Waals surface area contributed by atoms with Crippen molar-refractivity contribution in [1.82, 2.24) is 20.5 Å². The van der Waals surface area contributed by atoms with Gasteiger partial charge < -0.3 is 21.0 Å². The number of aromatic nitrogens is 1. The van der Waals surface area contributed by atoms with E-state index >= 15 is 0 Å². The molecule has 0 spiro atoms. The van der Waals surface area contributed by atoms with Crippen molar-refractivity contribution in [3.05, 3.63) is 23.9 Å². The predicted molar refractivity (Wildman–Crippen MR) is 71.5 cm³/mol. The van der Waals surface area contributed by atoms with Gasteiger partial charge in [-0.05, 0) is 12.1 Å². The number of hydrazine groups is 1. The molecule has 0 fully saturated rings. The van der Waals surface area contributed by atoms with Gasteiger partial charge in [-0.3, -0.25) is 4.79 Å². The maximum Gasteiger partial charge on any atom is 0.316 e. The van der Waals surface area contributed by atoms with Crippen LogP contribution in [0, 0.1) is 0 Å². The van der Waals surface area contributed by atoms with Gasteiger partial charge in [0.25, 0.3) is 5.91 Å². The fourth-order valence-corrected chi connectivity index (χ4v) is 1.26. The Balaban J connectivity index is 2.37. The van der Waals surface area contributed by atoms with Crippen molar-refractivity contribution in [2.45, 2.75) is 0 Å². The highest BCUT2D eigenvalue weighted by molar-refractivity contribution is 5.94. The summed E-state index contributed by atoms with van der Waals surface area (Å²) in [6.07, 6.45) is 1.48. The topological polar surface area (TPSA) is 112 Å². The third-order valence-electron chi connectivity index (χ3n) is 2.26. The number of rotatable bonds is 5. The second-order valence-corrected chi connectivity index (χ2v) is 3.96. The van der Waals surface area contributed by atoms with Crippen molar-refractivity contribution in [2.24, 2.45) is 5.84 Å². The van der Waals surface area contributed by atoms with Crippen molar-refractivity contribution in [3.63, 3.8) is 0 Å². The molecule has 1 heterocycles. The van der Waals surface area contributed by atoms with Crippen molar-refractivity contribution in [1.29, 1.82) is 0 Å². The van der Waals surface area contributed by atoms with Crippen molar-refractivity contribution in [3.8, 4) is 0 Å². The lowest BCUT2D eigenvalue weighted by Crippen LogP contribution is -2.39. The van der Waals surface area contributed by atoms with Gasteiger partial charge in [0, 0.05) is 38.9 Å². The monoisotopic (exact) mass is 266 g/mol. The molecule has 0 atom stereocenters. The summed E-state index contributed by atoms with van der Waals surface area (Å²) >= 11 is 0. The van der Waals surface area contributed by atoms with E-state index in [0.29, 0.717) is 24.5 Å². The third-order valence-corrected chi connectivity index (χ3v) is 2.26. The van der Waals surface area contributed by atoms with E-state index < -0.39 is 0 Å². The Bertz CT molecular complexity index is 449. The average Bonchev–Trinajstić information content (AvgIpc) is 2.42. The van der Waals surface area contributed by atoms with E-state index in [1.54, 1.807) is 20.2 Å². The molecule has 104 valence electrons. The Kier molecular flexibility index (Phi) is 5.55. The van der Waals surface area contributed by atoms with Gasteiger partial charge in [-0.2, -0.15) is 0 Å². The standard InChI is InChI=1S/C11H18N6O2/c1-17(2)11(19)15-6-5-14-10(18)8-3-4-13-9(7-8)16-12/h3-4,7H,5-6,12H2,1-2H3,(H,13,16)(H,14,18)(H,15,19). The smallest absolute Gasteiger partial charge is 0.316 e. The van der Waals surface area contributed by atoms with Gasteiger partial charge in [-0.15, -0.1) is 0 Å². The first-order valence-corrected chi connectivity index (χ1v) is 5.70. The molecule has 0 saturated carbocycles. The van der Waals surface area contributed by atoms with E-state index in [2.05, 4.69) is 21.0 Å². The number of anilines is 1. The van der Waals surface area contributed by atoms with Gasteiger partial charge in [-0.25, -0.2) is 15.6 Å². The summed E-state index contributed by atoms with van der Waals surface area (Å²) in [5, 5.41) is 5.32. The van der Waals surface area contributed by atoms with Crippen molar-refractivity contribution in [2.75, 3.05) is 32.6 Å². The van der Waals surface area contributed by atoms with Crippen LogP contribution in [0.2, 0.25) is 0 Å². The van der Waals surface area contributed by atoms with Gasteiger partial charge >= 0.3 is 6.03 Å². The molecule has 0 unspecified atom stereocenters. The number of nitrogen functional groups attached to an aromatic ring is 1. The highest BCUT2D eigenvalue weighted by atomic mass is 16.2. The highest BCUT2D eigenvalue weighted by Gasteiger charge is 2.06. The van der Waals surface area contributed by atoms with Gasteiger partial charge in [0.15, 0.2) is 0 Å². The van der Waals surface area contributed by atoms with E-state index in [-0.39, 0.29) is 11.9 Å². The molecular formula is C11H18N6O2. The molecule has 3 amide bonds. The summed E-state index contributed by atoms with van der Waals surface area (Å²) in [5.74, 6) is 5.36. The fraction of sp³-hybridized carbons (Fsp3) is 0.364. The molecule has 19 heavy (non-hydrogen) atoms. The van der Waals surface area contributed by atoms with E-state index in [9.17, 15) is 9.59 Å². The molecule has 1 aromatic heterocycles. The van der Waals surface area contributed by atoms with E-state index in [1.807, 2.05) is 0 Å². The first-order valence-electron chi connectivity index (χ1n) is 5.70. The van der Waals surface area contributed by atoms with Crippen LogP contribution >= 0.6 is 0 Å². The molecule has 0 aliphatic rings. The highest BCUT2D eigenvalue weighted by Crippen LogP contribution is 2.04. The number of nitrogens with two attached hydrogens (primary N) is 1. The van der Waals surface area contributed by atoms with Crippen LogP contribution in [0.3, 0.4) is 0 Å². The van der Waals surface area contributed by atoms with E-state index in [0.717, 1.165) is 0 Å². The first kappa shape index (κ1) is 14.7. The molecule has 0 bridgehead atoms. The molecule has 0 radical (unpaired) electrons. The van der Waals surface area contributed by atoms with Crippen molar-refractivity contribution < 1.29 is 9.59 Å². The van der Waals surface area contributed by atoms with Crippen LogP contribution in [-0.4, -0.2) is 49.0 Å². The van der Waals surface area contributed by atoms with Gasteiger partial charge in [0.1, 0.15) is 5.82 Å². The van der Waals surface area contributed by atoms with Crippen LogP contribution in [0.25, 0.3) is 0 Å². The minimum Gasteiger partial charge on any atom is -0.350 e. The summed E-state index contributed by atoms with van der Waals surface area (Å²) in [6, 6.07) is 2.91. The molecule has 1 rings (SSSR count). The summed E-state index contributed by atoms with van der Waals surface area (Å²) in [5.41, 5.74) is 2.81. The summed E-state index contributed by atoms with van der Waals surface area (Å²) in [4.78, 5) is 28.3. The lowest BCUT2D eigenvalue weighted by molar-refractivity contribution is 0.0953. The Morgan fingerprint density at radius 2 is 2.00 bits per heavy atom. The maximum atomic E-state index is 11.8. The average molecular weight is 266 g/mol. The number of hydrogen-bond donors (Lipinski definition) is 4. The number of carbonyl (C=O) groups is 2. The third kappa shape index (κ3) is 4.80. The molecule has 8 nitrogen and oxygen atoms in total. The zero-order valence-electron chi connectivity index (χ0n) is 10.9. The van der Waals surface area contributed by atoms with E-state index in [4.69, 9.17) is 5.84 Å². The minimum absolute atomic E-state index is 0.201. The number of nitrogens with one attached hydrogen (secondary N) is 3. The summed E-state index contributed by atoms with van der Waals surface area (Å²) < 4.78 is 0. The zero-order valence-corrected chi connectivity index (χ0v) is 10.9. The Hall–Kier alpha value is -2.35. The first-order chi connectivity index (χ1) is 9.04. The van der Waals surface area contributed by atoms with Crippen molar-refractivity contribution >= 4 is 17.8 Å². The largest absolute Gasteiger partial charge is 0.350 e. The van der Waals surface area contributed by atoms with E-state index in [1.165, 1.54) is 17.2 Å². The number of amides is 3. The van der Waals surface area contributed by atoms with Crippen LogP contribution in [-0.2, 0) is 0 Å². The molecule has 8 heteroatoms. The Morgan fingerprint density at radius 1 is 1.32 bits per heavy atom. The van der Waals surface area contributed by atoms with Crippen LogP contribution in [0.1, 0.15) is 10.4 Å². The van der Waals surface area contributed by atoms with Crippen LogP contribution in [0.15, 0.2) is 18.3 Å². The number of nitrogens with zero attached hydrogens (tertiary/aromatic N) is 2. The normalized spacial score (nSPS) is 9.63. The molecule has 0 aliphatic carbocycles. The SMILES string of the molecule is CN(C)C(=O)NCCNC(=O)c1ccnc(NN)c1. The lowest BCUT2D eigenvalue weighted by atomic mass is 10.2. The minimum atomic E-state index is -0.252. The number of pyridine rings is 1. The number of hydrogen-bond acceptors (Lipinski definition) is 5. The molecule has 5 N–H and O–H groups in total. The molecule has 0 aromatic carbocycles. The molecule has 0 aliphatic heterocycles. The summed E-state index contributed by atoms with van der Waals surface area (Å²) in [7, 11) is 3.29. The molecule has 0 saturated heterocycles. The lowest BCUT2D eigenvalue weighted by Gasteiger charge is -2.12. The Morgan fingerprint density at radius 3 is 2.63 bits per heavy atom.